The number of hydrogen-bond donors (Lipinski definition) is 2. The summed E-state index contributed by atoms with van der Waals surface area (Å²) in [5.41, 5.74) is 1.53. The molecule has 0 aliphatic carbocycles. The number of carbonyl (C=O) groups is 2. The molecule has 0 unspecified atom stereocenters. The molecule has 0 aliphatic rings. The fraction of sp³-hybridized carbons (Fsp3) is 0.429. The van der Waals surface area contributed by atoms with Crippen molar-refractivity contribution in [2.45, 2.75) is 33.2 Å². The van der Waals surface area contributed by atoms with Crippen molar-refractivity contribution in [2.24, 2.45) is 0 Å². The molecule has 0 saturated carbocycles. The minimum atomic E-state index is -1.30. The Morgan fingerprint density at radius 3 is 2.32 bits per heavy atom. The number of carboxylic acids is 1. The summed E-state index contributed by atoms with van der Waals surface area (Å²) in [7, 11) is 1.62. The third-order valence-electron chi connectivity index (χ3n) is 2.97. The van der Waals surface area contributed by atoms with Crippen LogP contribution in [0.5, 0.6) is 0 Å². The highest BCUT2D eigenvalue weighted by atomic mass is 16.4. The standard InChI is InChI=1S/C14H20N2O3/c1-9-6-7-11(10(2)8-9)16(5)13(19)15-14(3,4)12(17)18/h6-8H,1-5H3,(H,15,19)(H,17,18). The number of rotatable bonds is 3. The predicted octanol–water partition coefficient (Wildman–Crippen LogP) is 2.31. The van der Waals surface area contributed by atoms with Gasteiger partial charge in [-0.05, 0) is 39.3 Å². The van der Waals surface area contributed by atoms with E-state index in [1.807, 2.05) is 32.0 Å². The summed E-state index contributed by atoms with van der Waals surface area (Å²) in [6.45, 7) is 6.78. The first-order valence-corrected chi connectivity index (χ1v) is 6.01. The van der Waals surface area contributed by atoms with Gasteiger partial charge in [0.2, 0.25) is 0 Å². The lowest BCUT2D eigenvalue weighted by Crippen LogP contribution is -2.53. The second-order valence-corrected chi connectivity index (χ2v) is 5.21. The van der Waals surface area contributed by atoms with Crippen LogP contribution in [0.25, 0.3) is 0 Å². The second-order valence-electron chi connectivity index (χ2n) is 5.21. The SMILES string of the molecule is Cc1ccc(N(C)C(=O)NC(C)(C)C(=O)O)c(C)c1. The molecule has 1 aromatic rings. The van der Waals surface area contributed by atoms with E-state index in [1.54, 1.807) is 7.05 Å². The average Bonchev–Trinajstić information content (AvgIpc) is 2.27. The number of aryl methyl sites for hydroxylation is 2. The smallest absolute Gasteiger partial charge is 0.328 e. The second kappa shape index (κ2) is 5.30. The van der Waals surface area contributed by atoms with Gasteiger partial charge in [0, 0.05) is 12.7 Å². The molecule has 0 fully saturated rings. The Morgan fingerprint density at radius 2 is 1.84 bits per heavy atom. The molecule has 1 aromatic carbocycles. The molecule has 5 nitrogen and oxygen atoms in total. The molecule has 0 heterocycles. The number of hydrogen-bond acceptors (Lipinski definition) is 2. The number of aliphatic carboxylic acids is 1. The third-order valence-corrected chi connectivity index (χ3v) is 2.97. The predicted molar refractivity (Wildman–Crippen MR) is 74.6 cm³/mol. The average molecular weight is 264 g/mol. The fourth-order valence-electron chi connectivity index (χ4n) is 1.70. The lowest BCUT2D eigenvalue weighted by Gasteiger charge is -2.26. The molecular weight excluding hydrogens is 244 g/mol. The number of amides is 2. The maximum absolute atomic E-state index is 12.1. The highest BCUT2D eigenvalue weighted by Crippen LogP contribution is 2.20. The Bertz CT molecular complexity index is 509. The van der Waals surface area contributed by atoms with Gasteiger partial charge in [0.25, 0.3) is 0 Å². The molecular formula is C14H20N2O3. The normalized spacial score (nSPS) is 11.0. The van der Waals surface area contributed by atoms with Crippen LogP contribution in [0.15, 0.2) is 18.2 Å². The largest absolute Gasteiger partial charge is 0.480 e. The number of nitrogens with zero attached hydrogens (tertiary/aromatic N) is 1. The molecule has 0 radical (unpaired) electrons. The Labute approximate surface area is 113 Å². The van der Waals surface area contributed by atoms with Crippen LogP contribution in [0.1, 0.15) is 25.0 Å². The van der Waals surface area contributed by atoms with Crippen molar-refractivity contribution < 1.29 is 14.7 Å². The van der Waals surface area contributed by atoms with E-state index >= 15 is 0 Å². The molecule has 0 spiro atoms. The van der Waals surface area contributed by atoms with Gasteiger partial charge in [-0.2, -0.15) is 0 Å². The van der Waals surface area contributed by atoms with Crippen LogP contribution >= 0.6 is 0 Å². The summed E-state index contributed by atoms with van der Waals surface area (Å²) in [4.78, 5) is 24.5. The highest BCUT2D eigenvalue weighted by molar-refractivity contribution is 5.95. The zero-order chi connectivity index (χ0) is 14.8. The molecule has 19 heavy (non-hydrogen) atoms. The summed E-state index contributed by atoms with van der Waals surface area (Å²) in [6.07, 6.45) is 0. The van der Waals surface area contributed by atoms with Gasteiger partial charge in [0.05, 0.1) is 0 Å². The topological polar surface area (TPSA) is 69.6 Å². The van der Waals surface area contributed by atoms with Gasteiger partial charge in [-0.15, -0.1) is 0 Å². The lowest BCUT2D eigenvalue weighted by atomic mass is 10.1. The van der Waals surface area contributed by atoms with Gasteiger partial charge in [0.15, 0.2) is 0 Å². The summed E-state index contributed by atoms with van der Waals surface area (Å²) in [5, 5.41) is 11.5. The fourth-order valence-corrected chi connectivity index (χ4v) is 1.70. The number of nitrogens with one attached hydrogen (secondary N) is 1. The van der Waals surface area contributed by atoms with Crippen LogP contribution in [0, 0.1) is 13.8 Å². The van der Waals surface area contributed by atoms with Crippen molar-refractivity contribution in [3.8, 4) is 0 Å². The molecule has 1 rings (SSSR count). The maximum atomic E-state index is 12.1. The summed E-state index contributed by atoms with van der Waals surface area (Å²) in [6, 6.07) is 5.29. The van der Waals surface area contributed by atoms with E-state index in [0.29, 0.717) is 0 Å². The number of urea groups is 1. The van der Waals surface area contributed by atoms with Crippen LogP contribution in [-0.4, -0.2) is 29.7 Å². The van der Waals surface area contributed by atoms with Gasteiger partial charge < -0.3 is 10.4 Å². The van der Waals surface area contributed by atoms with E-state index in [2.05, 4.69) is 5.32 Å². The van der Waals surface area contributed by atoms with Gasteiger partial charge in [-0.3, -0.25) is 4.90 Å². The Morgan fingerprint density at radius 1 is 1.26 bits per heavy atom. The zero-order valence-corrected chi connectivity index (χ0v) is 11.9. The number of benzene rings is 1. The molecule has 0 aliphatic heterocycles. The van der Waals surface area contributed by atoms with Crippen LogP contribution in [0.3, 0.4) is 0 Å². The molecule has 0 aromatic heterocycles. The van der Waals surface area contributed by atoms with E-state index in [1.165, 1.54) is 18.7 Å². The molecule has 0 atom stereocenters. The summed E-state index contributed by atoms with van der Waals surface area (Å²) in [5.74, 6) is -1.07. The summed E-state index contributed by atoms with van der Waals surface area (Å²) >= 11 is 0. The van der Waals surface area contributed by atoms with Crippen LogP contribution < -0.4 is 10.2 Å². The monoisotopic (exact) mass is 264 g/mol. The molecule has 2 N–H and O–H groups in total. The van der Waals surface area contributed by atoms with Crippen molar-refractivity contribution in [1.82, 2.24) is 5.32 Å². The Hall–Kier alpha value is -2.04. The Kier molecular flexibility index (Phi) is 4.19. The zero-order valence-electron chi connectivity index (χ0n) is 11.9. The van der Waals surface area contributed by atoms with Gasteiger partial charge in [-0.1, -0.05) is 17.7 Å². The van der Waals surface area contributed by atoms with Gasteiger partial charge >= 0.3 is 12.0 Å². The van der Waals surface area contributed by atoms with Crippen molar-refractivity contribution in [3.05, 3.63) is 29.3 Å². The first kappa shape index (κ1) is 15.0. The van der Waals surface area contributed by atoms with Crippen molar-refractivity contribution in [3.63, 3.8) is 0 Å². The lowest BCUT2D eigenvalue weighted by molar-refractivity contribution is -0.142. The van der Waals surface area contributed by atoms with E-state index in [4.69, 9.17) is 5.11 Å². The highest BCUT2D eigenvalue weighted by Gasteiger charge is 2.30. The van der Waals surface area contributed by atoms with Crippen LogP contribution in [-0.2, 0) is 4.79 Å². The van der Waals surface area contributed by atoms with Crippen molar-refractivity contribution in [2.75, 3.05) is 11.9 Å². The number of carbonyl (C=O) groups excluding carboxylic acids is 1. The van der Waals surface area contributed by atoms with Crippen molar-refractivity contribution >= 4 is 17.7 Å². The molecule has 5 heteroatoms. The van der Waals surface area contributed by atoms with Crippen LogP contribution in [0.4, 0.5) is 10.5 Å². The first-order chi connectivity index (χ1) is 8.65. The number of anilines is 1. The van der Waals surface area contributed by atoms with Gasteiger partial charge in [0.1, 0.15) is 5.54 Å². The number of carboxylic acid groups (broad SMARTS) is 1. The summed E-state index contributed by atoms with van der Waals surface area (Å²) < 4.78 is 0. The minimum Gasteiger partial charge on any atom is -0.480 e. The Balaban J connectivity index is 2.91. The minimum absolute atomic E-state index is 0.445. The van der Waals surface area contributed by atoms with E-state index in [0.717, 1.165) is 16.8 Å². The maximum Gasteiger partial charge on any atom is 0.328 e. The molecule has 0 bridgehead atoms. The van der Waals surface area contributed by atoms with Gasteiger partial charge in [-0.25, -0.2) is 9.59 Å². The van der Waals surface area contributed by atoms with Crippen LogP contribution in [0.2, 0.25) is 0 Å². The van der Waals surface area contributed by atoms with Crippen molar-refractivity contribution in [1.29, 1.82) is 0 Å². The van der Waals surface area contributed by atoms with E-state index < -0.39 is 17.5 Å². The molecule has 104 valence electrons. The third kappa shape index (κ3) is 3.47. The molecule has 0 saturated heterocycles. The van der Waals surface area contributed by atoms with E-state index in [9.17, 15) is 9.59 Å². The quantitative estimate of drug-likeness (QED) is 0.880. The van der Waals surface area contributed by atoms with E-state index in [-0.39, 0.29) is 0 Å². The first-order valence-electron chi connectivity index (χ1n) is 6.01. The molecule has 2 amide bonds.